The number of nitrogens with zero attached hydrogens (tertiary/aromatic N) is 3. The molecule has 6 nitrogen and oxygen atoms in total. The molecule has 0 saturated carbocycles. The Bertz CT molecular complexity index is 1100. The lowest BCUT2D eigenvalue weighted by Crippen LogP contribution is -2.09. The quantitative estimate of drug-likeness (QED) is 0.532. The average molecular weight is 376 g/mol. The van der Waals surface area contributed by atoms with Crippen LogP contribution in [0.25, 0.3) is 22.3 Å². The van der Waals surface area contributed by atoms with Crippen LogP contribution in [0, 0.1) is 0 Å². The SMILES string of the molecule is COc1ccc(/C=C/C(=O)Nc2nc3scc(-c4ccccc4)n3n2)cc1. The molecule has 0 aliphatic rings. The summed E-state index contributed by atoms with van der Waals surface area (Å²) in [6.45, 7) is 0. The van der Waals surface area contributed by atoms with Crippen molar-refractivity contribution >= 4 is 34.2 Å². The molecule has 2 aromatic heterocycles. The number of carbonyl (C=O) groups is 1. The van der Waals surface area contributed by atoms with Gasteiger partial charge in [0.15, 0.2) is 0 Å². The number of amides is 1. The molecule has 2 heterocycles. The van der Waals surface area contributed by atoms with Crippen molar-refractivity contribution in [2.45, 2.75) is 0 Å². The molecule has 0 atom stereocenters. The Hall–Kier alpha value is -3.45. The number of methoxy groups -OCH3 is 1. The second-order valence-electron chi connectivity index (χ2n) is 5.71. The van der Waals surface area contributed by atoms with Crippen molar-refractivity contribution < 1.29 is 9.53 Å². The van der Waals surface area contributed by atoms with Crippen molar-refractivity contribution in [1.29, 1.82) is 0 Å². The summed E-state index contributed by atoms with van der Waals surface area (Å²) < 4.78 is 6.85. The number of hydrogen-bond acceptors (Lipinski definition) is 5. The molecule has 0 bridgehead atoms. The molecule has 0 fully saturated rings. The maximum Gasteiger partial charge on any atom is 0.250 e. The Labute approximate surface area is 159 Å². The minimum Gasteiger partial charge on any atom is -0.497 e. The van der Waals surface area contributed by atoms with Gasteiger partial charge in [0, 0.05) is 17.0 Å². The zero-order chi connectivity index (χ0) is 18.6. The molecule has 0 radical (unpaired) electrons. The zero-order valence-electron chi connectivity index (χ0n) is 14.5. The number of hydrogen-bond donors (Lipinski definition) is 1. The number of nitrogens with one attached hydrogen (secondary N) is 1. The molecule has 7 heteroatoms. The number of aromatic nitrogens is 3. The molecule has 4 aromatic rings. The van der Waals surface area contributed by atoms with Crippen molar-refractivity contribution in [3.63, 3.8) is 0 Å². The predicted molar refractivity (Wildman–Crippen MR) is 107 cm³/mol. The monoisotopic (exact) mass is 376 g/mol. The Kier molecular flexibility index (Phi) is 4.67. The van der Waals surface area contributed by atoms with Crippen LogP contribution in [-0.2, 0) is 4.79 Å². The highest BCUT2D eigenvalue weighted by atomic mass is 32.1. The fraction of sp³-hybridized carbons (Fsp3) is 0.0500. The second kappa shape index (κ2) is 7.43. The minimum atomic E-state index is -0.287. The summed E-state index contributed by atoms with van der Waals surface area (Å²) in [5, 5.41) is 9.10. The number of carbonyl (C=O) groups excluding carboxylic acids is 1. The second-order valence-corrected chi connectivity index (χ2v) is 6.55. The van der Waals surface area contributed by atoms with Gasteiger partial charge in [0.2, 0.25) is 4.96 Å². The highest BCUT2D eigenvalue weighted by Gasteiger charge is 2.12. The lowest BCUT2D eigenvalue weighted by atomic mass is 10.2. The van der Waals surface area contributed by atoms with Gasteiger partial charge in [-0.05, 0) is 23.8 Å². The molecule has 0 aliphatic carbocycles. The van der Waals surface area contributed by atoms with Crippen LogP contribution < -0.4 is 10.1 Å². The third-order valence-electron chi connectivity index (χ3n) is 3.93. The third kappa shape index (κ3) is 3.73. The molecule has 4 rings (SSSR count). The third-order valence-corrected chi connectivity index (χ3v) is 4.75. The first-order chi connectivity index (χ1) is 13.2. The van der Waals surface area contributed by atoms with Crippen LogP contribution in [0.2, 0.25) is 0 Å². The van der Waals surface area contributed by atoms with Gasteiger partial charge in [-0.1, -0.05) is 42.5 Å². The van der Waals surface area contributed by atoms with Gasteiger partial charge in [0.1, 0.15) is 5.75 Å². The zero-order valence-corrected chi connectivity index (χ0v) is 15.3. The van der Waals surface area contributed by atoms with Crippen molar-refractivity contribution in [2.24, 2.45) is 0 Å². The van der Waals surface area contributed by atoms with Gasteiger partial charge in [-0.3, -0.25) is 10.1 Å². The Balaban J connectivity index is 1.49. The maximum atomic E-state index is 12.2. The van der Waals surface area contributed by atoms with Crippen molar-refractivity contribution in [3.8, 4) is 17.0 Å². The minimum absolute atomic E-state index is 0.281. The number of ether oxygens (including phenoxy) is 1. The molecule has 27 heavy (non-hydrogen) atoms. The van der Waals surface area contributed by atoms with E-state index in [0.29, 0.717) is 0 Å². The van der Waals surface area contributed by atoms with E-state index in [1.54, 1.807) is 17.7 Å². The van der Waals surface area contributed by atoms with E-state index >= 15 is 0 Å². The predicted octanol–water partition coefficient (Wildman–Crippen LogP) is 4.12. The highest BCUT2D eigenvalue weighted by molar-refractivity contribution is 7.15. The average Bonchev–Trinajstić information content (AvgIpc) is 3.27. The summed E-state index contributed by atoms with van der Waals surface area (Å²) in [7, 11) is 1.62. The molecule has 1 amide bonds. The van der Waals surface area contributed by atoms with Crippen LogP contribution >= 0.6 is 11.3 Å². The number of benzene rings is 2. The van der Waals surface area contributed by atoms with Gasteiger partial charge in [-0.25, -0.2) is 4.52 Å². The van der Waals surface area contributed by atoms with E-state index in [1.807, 2.05) is 60.0 Å². The molecular formula is C20H16N4O2S. The van der Waals surface area contributed by atoms with E-state index in [9.17, 15) is 4.79 Å². The summed E-state index contributed by atoms with van der Waals surface area (Å²) in [6, 6.07) is 17.4. The Morgan fingerprint density at radius 2 is 1.93 bits per heavy atom. The van der Waals surface area contributed by atoms with Crippen molar-refractivity contribution in [2.75, 3.05) is 12.4 Å². The molecular weight excluding hydrogens is 360 g/mol. The van der Waals surface area contributed by atoms with E-state index in [1.165, 1.54) is 17.4 Å². The van der Waals surface area contributed by atoms with Crippen LogP contribution in [0.3, 0.4) is 0 Å². The normalized spacial score (nSPS) is 11.1. The van der Waals surface area contributed by atoms with Gasteiger partial charge in [-0.15, -0.1) is 16.4 Å². The van der Waals surface area contributed by atoms with Crippen molar-refractivity contribution in [3.05, 3.63) is 71.6 Å². The van der Waals surface area contributed by atoms with Gasteiger partial charge < -0.3 is 4.74 Å². The largest absolute Gasteiger partial charge is 0.497 e. The number of fused-ring (bicyclic) bond motifs is 1. The van der Waals surface area contributed by atoms with Crippen LogP contribution in [0.1, 0.15) is 5.56 Å². The van der Waals surface area contributed by atoms with E-state index in [2.05, 4.69) is 15.4 Å². The fourth-order valence-electron chi connectivity index (χ4n) is 2.58. The number of anilines is 1. The molecule has 0 spiro atoms. The van der Waals surface area contributed by atoms with E-state index in [4.69, 9.17) is 4.74 Å². The van der Waals surface area contributed by atoms with Gasteiger partial charge in [-0.2, -0.15) is 4.98 Å². The summed E-state index contributed by atoms with van der Waals surface area (Å²) in [5.41, 5.74) is 2.89. The van der Waals surface area contributed by atoms with Gasteiger partial charge in [0.05, 0.1) is 12.8 Å². The maximum absolute atomic E-state index is 12.2. The smallest absolute Gasteiger partial charge is 0.250 e. The standard InChI is InChI=1S/C20H16N4O2S/c1-26-16-10-7-14(8-11-16)9-12-18(25)21-19-22-20-24(23-19)17(13-27-20)15-5-3-2-4-6-15/h2-13H,1H3,(H,21,23,25)/b12-9+. The number of rotatable bonds is 5. The lowest BCUT2D eigenvalue weighted by Gasteiger charge is -1.99. The first-order valence-corrected chi connectivity index (χ1v) is 9.14. The van der Waals surface area contributed by atoms with E-state index < -0.39 is 0 Å². The molecule has 0 saturated heterocycles. The lowest BCUT2D eigenvalue weighted by molar-refractivity contribution is -0.111. The summed E-state index contributed by atoms with van der Waals surface area (Å²) >= 11 is 1.48. The van der Waals surface area contributed by atoms with E-state index in [0.717, 1.165) is 27.5 Å². The molecule has 1 N–H and O–H groups in total. The summed E-state index contributed by atoms with van der Waals surface area (Å²) in [6.07, 6.45) is 3.18. The molecule has 0 unspecified atom stereocenters. The molecule has 134 valence electrons. The highest BCUT2D eigenvalue weighted by Crippen LogP contribution is 2.25. The number of thiazole rings is 1. The Morgan fingerprint density at radius 3 is 2.67 bits per heavy atom. The topological polar surface area (TPSA) is 68.5 Å². The fourth-order valence-corrected chi connectivity index (χ4v) is 3.41. The van der Waals surface area contributed by atoms with Crippen LogP contribution in [0.4, 0.5) is 5.95 Å². The van der Waals surface area contributed by atoms with Crippen LogP contribution in [0.15, 0.2) is 66.1 Å². The Morgan fingerprint density at radius 1 is 1.15 bits per heavy atom. The summed E-state index contributed by atoms with van der Waals surface area (Å²) in [5.74, 6) is 0.766. The summed E-state index contributed by atoms with van der Waals surface area (Å²) in [4.78, 5) is 17.2. The van der Waals surface area contributed by atoms with Crippen LogP contribution in [-0.4, -0.2) is 27.6 Å². The van der Waals surface area contributed by atoms with E-state index in [-0.39, 0.29) is 11.9 Å². The van der Waals surface area contributed by atoms with Gasteiger partial charge >= 0.3 is 0 Å². The van der Waals surface area contributed by atoms with Crippen molar-refractivity contribution in [1.82, 2.24) is 14.6 Å². The molecule has 0 aliphatic heterocycles. The first-order valence-electron chi connectivity index (χ1n) is 8.26. The molecule has 2 aromatic carbocycles. The first kappa shape index (κ1) is 17.0. The van der Waals surface area contributed by atoms with Crippen LogP contribution in [0.5, 0.6) is 5.75 Å². The van der Waals surface area contributed by atoms with Gasteiger partial charge in [0.25, 0.3) is 11.9 Å².